The van der Waals surface area contributed by atoms with Gasteiger partial charge in [0.25, 0.3) is 5.91 Å². The number of anilines is 1. The van der Waals surface area contributed by atoms with Crippen LogP contribution in [0.4, 0.5) is 5.69 Å². The van der Waals surface area contributed by atoms with Crippen molar-refractivity contribution in [1.82, 2.24) is 10.6 Å². The first-order valence-electron chi connectivity index (χ1n) is 10.7. The molecular formula is C24H31N3O5. The number of hydrogen-bond acceptors (Lipinski definition) is 5. The molecule has 0 aliphatic heterocycles. The third-order valence-corrected chi connectivity index (χ3v) is 4.45. The molecule has 0 saturated heterocycles. The molecule has 0 aliphatic carbocycles. The van der Waals surface area contributed by atoms with Crippen molar-refractivity contribution in [3.63, 3.8) is 0 Å². The fourth-order valence-electron chi connectivity index (χ4n) is 2.71. The monoisotopic (exact) mass is 441 g/mol. The Hall–Kier alpha value is -3.55. The smallest absolute Gasteiger partial charge is 0.251 e. The molecule has 3 amide bonds. The molecule has 0 fully saturated rings. The first-order chi connectivity index (χ1) is 15.3. The molecule has 0 heterocycles. The molecule has 0 saturated carbocycles. The lowest BCUT2D eigenvalue weighted by Gasteiger charge is -2.12. The van der Waals surface area contributed by atoms with Crippen LogP contribution >= 0.6 is 0 Å². The fourth-order valence-corrected chi connectivity index (χ4v) is 2.71. The van der Waals surface area contributed by atoms with Crippen LogP contribution in [0.5, 0.6) is 11.5 Å². The quantitative estimate of drug-likeness (QED) is 0.497. The van der Waals surface area contributed by atoms with Gasteiger partial charge in [-0.2, -0.15) is 0 Å². The maximum Gasteiger partial charge on any atom is 0.251 e. The number of carbonyl (C=O) groups is 3. The van der Waals surface area contributed by atoms with Gasteiger partial charge in [0.05, 0.1) is 19.8 Å². The summed E-state index contributed by atoms with van der Waals surface area (Å²) in [6.07, 6.45) is 0. The number of nitrogens with one attached hydrogen (secondary N) is 3. The van der Waals surface area contributed by atoms with Crippen LogP contribution in [-0.2, 0) is 16.1 Å². The van der Waals surface area contributed by atoms with Gasteiger partial charge in [-0.3, -0.25) is 14.4 Å². The van der Waals surface area contributed by atoms with E-state index in [1.165, 1.54) is 0 Å². The minimum absolute atomic E-state index is 0.0531. The van der Waals surface area contributed by atoms with E-state index in [-0.39, 0.29) is 30.2 Å². The molecule has 0 spiro atoms. The second-order valence-corrected chi connectivity index (χ2v) is 7.33. The van der Waals surface area contributed by atoms with Crippen LogP contribution in [0.25, 0.3) is 0 Å². The van der Waals surface area contributed by atoms with Crippen molar-refractivity contribution in [3.8, 4) is 11.5 Å². The highest BCUT2D eigenvalue weighted by Gasteiger charge is 2.13. The highest BCUT2D eigenvalue weighted by molar-refractivity contribution is 5.97. The van der Waals surface area contributed by atoms with Crippen molar-refractivity contribution in [2.24, 2.45) is 5.92 Å². The minimum atomic E-state index is -0.380. The highest BCUT2D eigenvalue weighted by atomic mass is 16.5. The lowest BCUT2D eigenvalue weighted by atomic mass is 10.1. The van der Waals surface area contributed by atoms with Gasteiger partial charge in [0.15, 0.2) is 11.5 Å². The molecule has 8 nitrogen and oxygen atoms in total. The molecule has 2 aromatic rings. The Morgan fingerprint density at radius 1 is 0.875 bits per heavy atom. The van der Waals surface area contributed by atoms with E-state index in [0.717, 1.165) is 5.56 Å². The molecule has 2 aromatic carbocycles. The molecule has 0 aromatic heterocycles. The van der Waals surface area contributed by atoms with Crippen LogP contribution in [0, 0.1) is 5.92 Å². The van der Waals surface area contributed by atoms with Gasteiger partial charge in [0.2, 0.25) is 11.8 Å². The van der Waals surface area contributed by atoms with Crippen molar-refractivity contribution in [2.75, 3.05) is 25.1 Å². The topological polar surface area (TPSA) is 106 Å². The Morgan fingerprint density at radius 2 is 1.53 bits per heavy atom. The average molecular weight is 442 g/mol. The summed E-state index contributed by atoms with van der Waals surface area (Å²) in [5.41, 5.74) is 1.96. The summed E-state index contributed by atoms with van der Waals surface area (Å²) < 4.78 is 11.0. The number of amides is 3. The van der Waals surface area contributed by atoms with Crippen molar-refractivity contribution in [3.05, 3.63) is 53.6 Å². The van der Waals surface area contributed by atoms with Crippen LogP contribution in [0.1, 0.15) is 43.6 Å². The summed E-state index contributed by atoms with van der Waals surface area (Å²) in [5.74, 6) is 0.207. The SMILES string of the molecule is CCOc1ccc(C(=O)NCC(=O)NCc2ccc(NC(=O)C(C)C)cc2)cc1OCC. The predicted octanol–water partition coefficient (Wildman–Crippen LogP) is 3.12. The van der Waals surface area contributed by atoms with E-state index in [1.54, 1.807) is 30.3 Å². The zero-order chi connectivity index (χ0) is 23.5. The Morgan fingerprint density at radius 3 is 2.16 bits per heavy atom. The second-order valence-electron chi connectivity index (χ2n) is 7.33. The molecule has 32 heavy (non-hydrogen) atoms. The molecule has 0 radical (unpaired) electrons. The third-order valence-electron chi connectivity index (χ3n) is 4.45. The van der Waals surface area contributed by atoms with Gasteiger partial charge in [-0.05, 0) is 49.7 Å². The Kier molecular flexibility index (Phi) is 9.53. The maximum atomic E-state index is 12.4. The van der Waals surface area contributed by atoms with Crippen molar-refractivity contribution >= 4 is 23.4 Å². The van der Waals surface area contributed by atoms with E-state index in [4.69, 9.17) is 9.47 Å². The first kappa shape index (κ1) is 24.7. The molecule has 0 atom stereocenters. The molecule has 0 aliphatic rings. The van der Waals surface area contributed by atoms with Crippen molar-refractivity contribution in [2.45, 2.75) is 34.2 Å². The normalized spacial score (nSPS) is 10.4. The molecular weight excluding hydrogens is 410 g/mol. The number of ether oxygens (including phenoxy) is 2. The van der Waals surface area contributed by atoms with Crippen LogP contribution in [-0.4, -0.2) is 37.5 Å². The number of benzene rings is 2. The summed E-state index contributed by atoms with van der Waals surface area (Å²) >= 11 is 0. The average Bonchev–Trinajstić information content (AvgIpc) is 2.78. The van der Waals surface area contributed by atoms with Crippen LogP contribution in [0.15, 0.2) is 42.5 Å². The van der Waals surface area contributed by atoms with E-state index < -0.39 is 0 Å². The molecule has 2 rings (SSSR count). The minimum Gasteiger partial charge on any atom is -0.490 e. The van der Waals surface area contributed by atoms with Gasteiger partial charge in [-0.25, -0.2) is 0 Å². The zero-order valence-corrected chi connectivity index (χ0v) is 19.0. The molecule has 0 bridgehead atoms. The molecule has 0 unspecified atom stereocenters. The van der Waals surface area contributed by atoms with E-state index in [2.05, 4.69) is 16.0 Å². The number of hydrogen-bond donors (Lipinski definition) is 3. The third kappa shape index (κ3) is 7.61. The lowest BCUT2D eigenvalue weighted by Crippen LogP contribution is -2.36. The van der Waals surface area contributed by atoms with E-state index in [1.807, 2.05) is 39.8 Å². The van der Waals surface area contributed by atoms with Gasteiger partial charge < -0.3 is 25.4 Å². The summed E-state index contributed by atoms with van der Waals surface area (Å²) in [5, 5.41) is 8.17. The van der Waals surface area contributed by atoms with Gasteiger partial charge in [0.1, 0.15) is 0 Å². The van der Waals surface area contributed by atoms with Crippen LogP contribution in [0.3, 0.4) is 0 Å². The van der Waals surface area contributed by atoms with Gasteiger partial charge >= 0.3 is 0 Å². The maximum absolute atomic E-state index is 12.4. The van der Waals surface area contributed by atoms with Crippen LogP contribution < -0.4 is 25.4 Å². The zero-order valence-electron chi connectivity index (χ0n) is 19.0. The predicted molar refractivity (Wildman–Crippen MR) is 123 cm³/mol. The molecule has 8 heteroatoms. The number of carbonyl (C=O) groups excluding carboxylic acids is 3. The summed E-state index contributed by atoms with van der Waals surface area (Å²) in [7, 11) is 0. The summed E-state index contributed by atoms with van der Waals surface area (Å²) in [6, 6.07) is 12.1. The number of rotatable bonds is 11. The Bertz CT molecular complexity index is 926. The van der Waals surface area contributed by atoms with Crippen LogP contribution in [0.2, 0.25) is 0 Å². The Balaban J connectivity index is 1.83. The highest BCUT2D eigenvalue weighted by Crippen LogP contribution is 2.28. The van der Waals surface area contributed by atoms with Crippen molar-refractivity contribution < 1.29 is 23.9 Å². The van der Waals surface area contributed by atoms with Gasteiger partial charge in [0, 0.05) is 23.7 Å². The molecule has 3 N–H and O–H groups in total. The van der Waals surface area contributed by atoms with Gasteiger partial charge in [-0.1, -0.05) is 26.0 Å². The summed E-state index contributed by atoms with van der Waals surface area (Å²) in [4.78, 5) is 36.2. The van der Waals surface area contributed by atoms with E-state index >= 15 is 0 Å². The molecule has 172 valence electrons. The Labute approximate surface area is 188 Å². The second kappa shape index (κ2) is 12.3. The first-order valence-corrected chi connectivity index (χ1v) is 10.7. The largest absolute Gasteiger partial charge is 0.490 e. The fraction of sp³-hybridized carbons (Fsp3) is 0.375. The summed E-state index contributed by atoms with van der Waals surface area (Å²) in [6.45, 7) is 8.45. The van der Waals surface area contributed by atoms with Crippen molar-refractivity contribution in [1.29, 1.82) is 0 Å². The standard InChI is InChI=1S/C24H31N3O5/c1-5-31-20-12-9-18(13-21(20)32-6-2)24(30)26-15-22(28)25-14-17-7-10-19(11-8-17)27-23(29)16(3)4/h7-13,16H,5-6,14-15H2,1-4H3,(H,25,28)(H,26,30)(H,27,29). The van der Waals surface area contributed by atoms with Gasteiger partial charge in [-0.15, -0.1) is 0 Å². The van der Waals surface area contributed by atoms with E-state index in [0.29, 0.717) is 42.5 Å². The van der Waals surface area contributed by atoms with E-state index in [9.17, 15) is 14.4 Å². The lowest BCUT2D eigenvalue weighted by molar-refractivity contribution is -0.120.